The van der Waals surface area contributed by atoms with E-state index < -0.39 is 12.0 Å². The van der Waals surface area contributed by atoms with E-state index in [0.717, 1.165) is 5.56 Å². The first kappa shape index (κ1) is 15.2. The fourth-order valence-electron chi connectivity index (χ4n) is 1.74. The van der Waals surface area contributed by atoms with Gasteiger partial charge < -0.3 is 10.2 Å². The molecule has 0 aromatic heterocycles. The van der Waals surface area contributed by atoms with Gasteiger partial charge in [0.2, 0.25) is 0 Å². The van der Waals surface area contributed by atoms with Crippen molar-refractivity contribution in [1.29, 1.82) is 0 Å². The average Bonchev–Trinajstić information content (AvgIpc) is 2.43. The van der Waals surface area contributed by atoms with Crippen molar-refractivity contribution in [3.63, 3.8) is 0 Å². The first-order valence-electron chi connectivity index (χ1n) is 6.12. The normalized spacial score (nSPS) is 14.3. The Hall–Kier alpha value is -1.85. The molecule has 0 saturated carbocycles. The monoisotopic (exact) mass is 265 g/mol. The number of benzene rings is 1. The quantitative estimate of drug-likeness (QED) is 0.359. The molecule has 1 aromatic carbocycles. The average molecular weight is 265 g/mol. The van der Waals surface area contributed by atoms with Gasteiger partial charge >= 0.3 is 0 Å². The fourth-order valence-corrected chi connectivity index (χ4v) is 1.74. The van der Waals surface area contributed by atoms with E-state index in [1.54, 1.807) is 18.2 Å². The first-order chi connectivity index (χ1) is 9.04. The van der Waals surface area contributed by atoms with Crippen LogP contribution in [0.25, 0.3) is 0 Å². The van der Waals surface area contributed by atoms with E-state index in [1.165, 1.54) is 23.7 Å². The van der Waals surface area contributed by atoms with E-state index in [4.69, 9.17) is 5.21 Å². The van der Waals surface area contributed by atoms with Crippen LogP contribution in [0.5, 0.6) is 5.75 Å². The molecule has 0 aliphatic carbocycles. The van der Waals surface area contributed by atoms with E-state index in [9.17, 15) is 15.0 Å². The van der Waals surface area contributed by atoms with Gasteiger partial charge in [-0.2, -0.15) is 0 Å². The molecular weight excluding hydrogens is 246 g/mol. The first-order valence-corrected chi connectivity index (χ1v) is 6.12. The number of hydroxylamine groups is 1. The Balaban J connectivity index is 2.44. The second-order valence-corrected chi connectivity index (χ2v) is 4.47. The summed E-state index contributed by atoms with van der Waals surface area (Å²) in [6, 6.07) is 6.45. The fraction of sp³-hybridized carbons (Fsp3) is 0.357. The lowest BCUT2D eigenvalue weighted by Gasteiger charge is -2.18. The molecule has 0 radical (unpaired) electrons. The molecule has 1 rings (SSSR count). The maximum Gasteiger partial charge on any atom is 0.267 e. The van der Waals surface area contributed by atoms with Gasteiger partial charge in [-0.05, 0) is 36.5 Å². The van der Waals surface area contributed by atoms with Crippen molar-refractivity contribution in [3.8, 4) is 5.75 Å². The summed E-state index contributed by atoms with van der Waals surface area (Å²) in [4.78, 5) is 10.7. The Kier molecular flexibility index (Phi) is 6.05. The summed E-state index contributed by atoms with van der Waals surface area (Å²) >= 11 is 0. The van der Waals surface area contributed by atoms with E-state index in [0.29, 0.717) is 12.8 Å². The van der Waals surface area contributed by atoms with Gasteiger partial charge in [0, 0.05) is 6.08 Å². The van der Waals surface area contributed by atoms with E-state index in [2.05, 4.69) is 0 Å². The van der Waals surface area contributed by atoms with Crippen molar-refractivity contribution >= 4 is 5.91 Å². The molecule has 0 bridgehead atoms. The van der Waals surface area contributed by atoms with Crippen molar-refractivity contribution in [1.82, 2.24) is 5.48 Å². The van der Waals surface area contributed by atoms with E-state index in [-0.39, 0.29) is 11.7 Å². The summed E-state index contributed by atoms with van der Waals surface area (Å²) in [5.74, 6) is -0.375. The highest BCUT2D eigenvalue weighted by Gasteiger charge is 2.15. The van der Waals surface area contributed by atoms with Gasteiger partial charge in [-0.1, -0.05) is 25.1 Å². The number of aliphatic hydroxyl groups excluding tert-OH is 1. The van der Waals surface area contributed by atoms with Crippen molar-refractivity contribution in [3.05, 3.63) is 42.0 Å². The van der Waals surface area contributed by atoms with Crippen LogP contribution in [0.4, 0.5) is 0 Å². The zero-order chi connectivity index (χ0) is 14.3. The summed E-state index contributed by atoms with van der Waals surface area (Å²) in [7, 11) is 0. The molecule has 0 aliphatic heterocycles. The van der Waals surface area contributed by atoms with Gasteiger partial charge in [0.1, 0.15) is 5.75 Å². The molecule has 1 amide bonds. The number of carbonyl (C=O) groups excluding carboxylic acids is 1. The molecule has 0 heterocycles. The molecule has 19 heavy (non-hydrogen) atoms. The van der Waals surface area contributed by atoms with E-state index in [1.807, 2.05) is 6.92 Å². The number of rotatable bonds is 6. The predicted molar refractivity (Wildman–Crippen MR) is 70.5 cm³/mol. The predicted octanol–water partition coefficient (Wildman–Crippen LogP) is 1.90. The Morgan fingerprint density at radius 3 is 2.58 bits per heavy atom. The highest BCUT2D eigenvalue weighted by Crippen LogP contribution is 2.26. The lowest BCUT2D eigenvalue weighted by atomic mass is 9.93. The van der Waals surface area contributed by atoms with Crippen LogP contribution in [0.2, 0.25) is 0 Å². The Labute approximate surface area is 112 Å². The minimum Gasteiger partial charge on any atom is -0.508 e. The van der Waals surface area contributed by atoms with Gasteiger partial charge in [-0.25, -0.2) is 5.48 Å². The van der Waals surface area contributed by atoms with Gasteiger partial charge in [0.05, 0.1) is 6.10 Å². The molecule has 104 valence electrons. The Morgan fingerprint density at radius 2 is 2.00 bits per heavy atom. The molecule has 1 aromatic rings. The number of phenols is 1. The molecule has 5 heteroatoms. The minimum absolute atomic E-state index is 0.0198. The van der Waals surface area contributed by atoms with Crippen LogP contribution in [-0.4, -0.2) is 21.3 Å². The lowest BCUT2D eigenvalue weighted by Crippen LogP contribution is -2.15. The number of nitrogens with one attached hydrogen (secondary N) is 1. The van der Waals surface area contributed by atoms with Gasteiger partial charge in [0.15, 0.2) is 0 Å². The van der Waals surface area contributed by atoms with Crippen LogP contribution in [0, 0.1) is 5.92 Å². The molecule has 0 saturated heterocycles. The van der Waals surface area contributed by atoms with Crippen molar-refractivity contribution in [2.75, 3.05) is 0 Å². The van der Waals surface area contributed by atoms with Crippen molar-refractivity contribution in [2.45, 2.75) is 25.9 Å². The largest absolute Gasteiger partial charge is 0.508 e. The summed E-state index contributed by atoms with van der Waals surface area (Å²) in [5.41, 5.74) is 2.26. The van der Waals surface area contributed by atoms with Gasteiger partial charge in [0.25, 0.3) is 5.91 Å². The summed E-state index contributed by atoms with van der Waals surface area (Å²) in [6.07, 6.45) is 3.62. The zero-order valence-corrected chi connectivity index (χ0v) is 10.8. The molecule has 0 aliphatic rings. The van der Waals surface area contributed by atoms with Gasteiger partial charge in [-0.15, -0.1) is 0 Å². The minimum atomic E-state index is -0.610. The molecule has 0 unspecified atom stereocenters. The Morgan fingerprint density at radius 1 is 1.37 bits per heavy atom. The number of aromatic hydroxyl groups is 1. The second-order valence-electron chi connectivity index (χ2n) is 4.47. The smallest absolute Gasteiger partial charge is 0.267 e. The summed E-state index contributed by atoms with van der Waals surface area (Å²) < 4.78 is 0. The number of phenolic OH excluding ortho intramolecular Hbond substituents is 1. The lowest BCUT2D eigenvalue weighted by molar-refractivity contribution is -0.124. The van der Waals surface area contributed by atoms with Crippen LogP contribution in [0.3, 0.4) is 0 Å². The topological polar surface area (TPSA) is 89.8 Å². The number of amides is 1. The third-order valence-electron chi connectivity index (χ3n) is 2.94. The number of carbonyl (C=O) groups is 1. The standard InChI is InChI=1S/C14H19NO4/c1-10(4-2-3-5-13(17)15-19)14(18)11-6-8-12(16)9-7-11/h3,5-10,14,16,18-19H,2,4H2,1H3,(H,15,17)/b5-3+/t10-,14+/m0/s1. The molecule has 5 nitrogen and oxygen atoms in total. The van der Waals surface area contributed by atoms with Crippen LogP contribution < -0.4 is 5.48 Å². The van der Waals surface area contributed by atoms with Crippen molar-refractivity contribution < 1.29 is 20.2 Å². The summed E-state index contributed by atoms with van der Waals surface area (Å²) in [5, 5.41) is 27.6. The second kappa shape index (κ2) is 7.56. The van der Waals surface area contributed by atoms with Crippen LogP contribution in [0.1, 0.15) is 31.4 Å². The third-order valence-corrected chi connectivity index (χ3v) is 2.94. The van der Waals surface area contributed by atoms with Crippen LogP contribution in [0.15, 0.2) is 36.4 Å². The van der Waals surface area contributed by atoms with Crippen LogP contribution >= 0.6 is 0 Å². The summed E-state index contributed by atoms with van der Waals surface area (Å²) in [6.45, 7) is 1.91. The maximum absolute atomic E-state index is 10.7. The molecule has 2 atom stereocenters. The highest BCUT2D eigenvalue weighted by atomic mass is 16.5. The molecule has 0 spiro atoms. The molecular formula is C14H19NO4. The molecule has 0 fully saturated rings. The van der Waals surface area contributed by atoms with E-state index >= 15 is 0 Å². The van der Waals surface area contributed by atoms with Gasteiger partial charge in [-0.3, -0.25) is 10.0 Å². The number of hydrogen-bond donors (Lipinski definition) is 4. The zero-order valence-electron chi connectivity index (χ0n) is 10.8. The van der Waals surface area contributed by atoms with Crippen LogP contribution in [-0.2, 0) is 4.79 Å². The van der Waals surface area contributed by atoms with Crippen molar-refractivity contribution in [2.24, 2.45) is 5.92 Å². The number of aliphatic hydroxyl groups is 1. The highest BCUT2D eigenvalue weighted by molar-refractivity contribution is 5.86. The Bertz CT molecular complexity index is 428. The number of hydrogen-bond acceptors (Lipinski definition) is 4. The molecule has 4 N–H and O–H groups in total. The maximum atomic E-state index is 10.7. The SMILES string of the molecule is C[C@@H](CC/C=C/C(=O)NO)[C@@H](O)c1ccc(O)cc1. The third kappa shape index (κ3) is 5.11. The number of allylic oxidation sites excluding steroid dienone is 1.